The maximum absolute atomic E-state index is 15.0. The number of benzene rings is 2. The summed E-state index contributed by atoms with van der Waals surface area (Å²) in [6.45, 7) is 0. The molecule has 0 spiro atoms. The number of rotatable bonds is 5. The summed E-state index contributed by atoms with van der Waals surface area (Å²) in [6.07, 6.45) is 25.6. The van der Waals surface area contributed by atoms with Gasteiger partial charge in [-0.15, -0.1) is 0 Å². The molecule has 0 saturated heterocycles. The lowest BCUT2D eigenvalue weighted by atomic mass is 9.90. The molecule has 0 bridgehead atoms. The Balaban J connectivity index is 1.77. The first kappa shape index (κ1) is 33.0. The lowest BCUT2D eigenvalue weighted by Crippen LogP contribution is -2.48. The topological polar surface area (TPSA) is 94.9 Å². The average Bonchev–Trinajstić information content (AvgIpc) is 2.98. The van der Waals surface area contributed by atoms with Crippen molar-refractivity contribution in [3.05, 3.63) is 47.0 Å². The van der Waals surface area contributed by atoms with E-state index in [1.165, 1.54) is 102 Å². The minimum atomic E-state index is -1.12. The number of hydrogen-bond acceptors (Lipinski definition) is 3. The van der Waals surface area contributed by atoms with Crippen molar-refractivity contribution >= 4 is 28.6 Å². The summed E-state index contributed by atoms with van der Waals surface area (Å²) in [5, 5.41) is 21.0. The molecule has 4 rings (SSSR count). The number of amides is 1. The SMILES string of the molecule is O=C(O)c1ccc2c(C(=O)N(C3CCCCCCCCCCC3)C3CCCCCCCCCCC3)c(C(=O)O)ccc2c1. The van der Waals surface area contributed by atoms with Gasteiger partial charge in [-0.1, -0.05) is 128 Å². The van der Waals surface area contributed by atoms with Crippen LogP contribution in [0.1, 0.15) is 172 Å². The number of hydrogen-bond donors (Lipinski definition) is 2. The fraction of sp³-hybridized carbons (Fsp3) is 0.649. The molecule has 2 fully saturated rings. The predicted molar refractivity (Wildman–Crippen MR) is 173 cm³/mol. The van der Waals surface area contributed by atoms with E-state index in [4.69, 9.17) is 0 Å². The Morgan fingerprint density at radius 3 is 1.35 bits per heavy atom. The van der Waals surface area contributed by atoms with Crippen molar-refractivity contribution in [1.82, 2.24) is 4.90 Å². The van der Waals surface area contributed by atoms with Crippen LogP contribution in [-0.2, 0) is 0 Å². The monoisotopic (exact) mass is 591 g/mol. The Labute approximate surface area is 258 Å². The van der Waals surface area contributed by atoms with Gasteiger partial charge in [-0.05, 0) is 54.7 Å². The van der Waals surface area contributed by atoms with Gasteiger partial charge >= 0.3 is 11.9 Å². The quantitative estimate of drug-likeness (QED) is 0.361. The van der Waals surface area contributed by atoms with Crippen LogP contribution < -0.4 is 0 Å². The minimum absolute atomic E-state index is 0.00637. The van der Waals surface area contributed by atoms with E-state index in [2.05, 4.69) is 4.90 Å². The predicted octanol–water partition coefficient (Wildman–Crippen LogP) is 10.0. The second kappa shape index (κ2) is 17.4. The van der Waals surface area contributed by atoms with Gasteiger partial charge in [0.15, 0.2) is 0 Å². The van der Waals surface area contributed by atoms with Gasteiger partial charge in [-0.2, -0.15) is 0 Å². The maximum Gasteiger partial charge on any atom is 0.336 e. The molecule has 2 saturated carbocycles. The molecule has 1 amide bonds. The largest absolute Gasteiger partial charge is 0.478 e. The van der Waals surface area contributed by atoms with Crippen LogP contribution in [0.5, 0.6) is 0 Å². The number of carboxylic acids is 2. The third-order valence-corrected chi connectivity index (χ3v) is 9.88. The molecule has 2 aliphatic carbocycles. The molecule has 43 heavy (non-hydrogen) atoms. The Hall–Kier alpha value is -2.89. The fourth-order valence-electron chi connectivity index (χ4n) is 7.47. The molecule has 0 aliphatic heterocycles. The Bertz CT molecular complexity index is 1150. The van der Waals surface area contributed by atoms with E-state index in [1.54, 1.807) is 18.2 Å². The highest BCUT2D eigenvalue weighted by Crippen LogP contribution is 2.32. The molecule has 6 heteroatoms. The summed E-state index contributed by atoms with van der Waals surface area (Å²) >= 11 is 0. The normalized spacial score (nSPS) is 19.7. The van der Waals surface area contributed by atoms with Crippen LogP contribution in [0.3, 0.4) is 0 Å². The van der Waals surface area contributed by atoms with E-state index in [0.29, 0.717) is 10.8 Å². The standard InChI is InChI=1S/C37H53NO5/c39-35(34-32-25-24-29(36(40)41)27-28(32)23-26-33(34)37(42)43)38(30-19-15-11-7-3-1-4-8-12-16-20-30)31-21-17-13-9-5-2-6-10-14-18-22-31/h23-27,30-31H,1-22H2,(H,40,41)(H,42,43). The molecule has 236 valence electrons. The lowest BCUT2D eigenvalue weighted by molar-refractivity contribution is 0.0490. The van der Waals surface area contributed by atoms with Crippen LogP contribution in [0.2, 0.25) is 0 Å². The zero-order valence-corrected chi connectivity index (χ0v) is 26.2. The number of aromatic carboxylic acids is 2. The highest BCUT2D eigenvalue weighted by atomic mass is 16.4. The van der Waals surface area contributed by atoms with Crippen LogP contribution >= 0.6 is 0 Å². The van der Waals surface area contributed by atoms with E-state index in [1.807, 2.05) is 0 Å². The molecule has 2 N–H and O–H groups in total. The van der Waals surface area contributed by atoms with Crippen molar-refractivity contribution in [2.45, 2.75) is 153 Å². The van der Waals surface area contributed by atoms with Gasteiger partial charge in [0.1, 0.15) is 0 Å². The molecule has 0 heterocycles. The molecule has 0 radical (unpaired) electrons. The fourth-order valence-corrected chi connectivity index (χ4v) is 7.47. The molecule has 2 aromatic rings. The highest BCUT2D eigenvalue weighted by Gasteiger charge is 2.34. The van der Waals surface area contributed by atoms with E-state index in [-0.39, 0.29) is 34.7 Å². The molecule has 6 nitrogen and oxygen atoms in total. The van der Waals surface area contributed by atoms with Crippen molar-refractivity contribution in [3.8, 4) is 0 Å². The number of carbonyl (C=O) groups excluding carboxylic acids is 1. The third-order valence-electron chi connectivity index (χ3n) is 9.88. The average molecular weight is 592 g/mol. The van der Waals surface area contributed by atoms with Gasteiger partial charge in [0.25, 0.3) is 5.91 Å². The Morgan fingerprint density at radius 1 is 0.535 bits per heavy atom. The molecule has 0 atom stereocenters. The van der Waals surface area contributed by atoms with Crippen molar-refractivity contribution in [1.29, 1.82) is 0 Å². The number of carboxylic acid groups (broad SMARTS) is 2. The first-order valence-electron chi connectivity index (χ1n) is 17.3. The maximum atomic E-state index is 15.0. The van der Waals surface area contributed by atoms with Crippen LogP contribution in [-0.4, -0.2) is 45.0 Å². The molecular formula is C37H53NO5. The minimum Gasteiger partial charge on any atom is -0.478 e. The van der Waals surface area contributed by atoms with Crippen molar-refractivity contribution in [3.63, 3.8) is 0 Å². The highest BCUT2D eigenvalue weighted by molar-refractivity contribution is 6.15. The van der Waals surface area contributed by atoms with Gasteiger partial charge in [-0.25, -0.2) is 9.59 Å². The van der Waals surface area contributed by atoms with Crippen LogP contribution in [0.4, 0.5) is 0 Å². The smallest absolute Gasteiger partial charge is 0.336 e. The van der Waals surface area contributed by atoms with Crippen LogP contribution in [0.15, 0.2) is 30.3 Å². The van der Waals surface area contributed by atoms with Crippen molar-refractivity contribution in [2.75, 3.05) is 0 Å². The summed E-state index contributed by atoms with van der Waals surface area (Å²) in [7, 11) is 0. The second-order valence-corrected chi connectivity index (χ2v) is 13.1. The first-order valence-corrected chi connectivity index (χ1v) is 17.3. The lowest BCUT2D eigenvalue weighted by Gasteiger charge is -2.40. The zero-order valence-electron chi connectivity index (χ0n) is 26.2. The number of carbonyl (C=O) groups is 3. The zero-order chi connectivity index (χ0) is 30.4. The Morgan fingerprint density at radius 2 is 0.953 bits per heavy atom. The van der Waals surface area contributed by atoms with E-state index in [9.17, 15) is 24.6 Å². The van der Waals surface area contributed by atoms with Gasteiger partial charge in [0.05, 0.1) is 16.7 Å². The summed E-state index contributed by atoms with van der Waals surface area (Å²) in [4.78, 5) is 41.4. The number of fused-ring (bicyclic) bond motifs is 1. The first-order chi connectivity index (χ1) is 21.0. The van der Waals surface area contributed by atoms with E-state index >= 15 is 0 Å². The van der Waals surface area contributed by atoms with Crippen LogP contribution in [0, 0.1) is 0 Å². The summed E-state index contributed by atoms with van der Waals surface area (Å²) in [6, 6.07) is 7.97. The van der Waals surface area contributed by atoms with Gasteiger partial charge in [-0.3, -0.25) is 4.79 Å². The second-order valence-electron chi connectivity index (χ2n) is 13.1. The Kier molecular flexibility index (Phi) is 13.4. The molecule has 0 aromatic heterocycles. The summed E-state index contributed by atoms with van der Waals surface area (Å²) in [5.41, 5.74) is 0.357. The van der Waals surface area contributed by atoms with Crippen LogP contribution in [0.25, 0.3) is 10.8 Å². The van der Waals surface area contributed by atoms with Crippen molar-refractivity contribution < 1.29 is 24.6 Å². The number of nitrogens with zero attached hydrogens (tertiary/aromatic N) is 1. The summed E-state index contributed by atoms with van der Waals surface area (Å²) in [5.74, 6) is -2.34. The van der Waals surface area contributed by atoms with Gasteiger partial charge in [0.2, 0.25) is 0 Å². The van der Waals surface area contributed by atoms with E-state index < -0.39 is 11.9 Å². The molecule has 2 aromatic carbocycles. The van der Waals surface area contributed by atoms with Crippen molar-refractivity contribution in [2.24, 2.45) is 0 Å². The molecule has 2 aliphatic rings. The molecule has 0 unspecified atom stereocenters. The third kappa shape index (κ3) is 9.55. The summed E-state index contributed by atoms with van der Waals surface area (Å²) < 4.78 is 0. The molecular weight excluding hydrogens is 538 g/mol. The van der Waals surface area contributed by atoms with E-state index in [0.717, 1.165) is 51.4 Å². The van der Waals surface area contributed by atoms with Gasteiger partial charge < -0.3 is 15.1 Å². The van der Waals surface area contributed by atoms with Gasteiger partial charge in [0, 0.05) is 12.1 Å².